The van der Waals surface area contributed by atoms with Crippen LogP contribution in [-0.4, -0.2) is 45.9 Å². The van der Waals surface area contributed by atoms with E-state index in [0.29, 0.717) is 16.5 Å². The largest absolute Gasteiger partial charge is 0.311 e. The summed E-state index contributed by atoms with van der Waals surface area (Å²) in [4.78, 5) is 7.67. The lowest BCUT2D eigenvalue weighted by Gasteiger charge is -2.46. The third-order valence-electron chi connectivity index (χ3n) is 20.2. The summed E-state index contributed by atoms with van der Waals surface area (Å²) in [7, 11) is 34.2. The van der Waals surface area contributed by atoms with Gasteiger partial charge in [0, 0.05) is 54.6 Å². The molecule has 3 heterocycles. The summed E-state index contributed by atoms with van der Waals surface area (Å²) in [6.07, 6.45) is 4.46. The molecule has 0 unspecified atom stereocenters. The van der Waals surface area contributed by atoms with Gasteiger partial charge in [-0.2, -0.15) is 0 Å². The van der Waals surface area contributed by atoms with E-state index in [9.17, 15) is 0 Å². The molecule has 0 saturated heterocycles. The maximum atomic E-state index is 7.07. The quantitative estimate of drug-likeness (QED) is 0.147. The summed E-state index contributed by atoms with van der Waals surface area (Å²) in [6, 6.07) is 64.0. The fraction of sp³-hybridized carbons (Fsp3) is 0.263. The monoisotopic (exact) mass is 1120 g/mol. The number of rotatable bonds is 7. The SMILES string of the molecule is [B]c1c([B])c([B])c(-c2ccc3c(c2)B2c4sc5cc6c(cc5c4N(c4ccc5c(c4)C(C)(C)CCC5(C)C)c4cc(N(c5ccccc5)c5ccccc5)cc(c42)N3c2ccc(C(C)(C)C)cc2-c2ccccc2)C(C)(C)CCC6(C)C)c([B])c1[B]. The van der Waals surface area contributed by atoms with Crippen molar-refractivity contribution in [1.29, 1.82) is 0 Å². The lowest BCUT2D eigenvalue weighted by molar-refractivity contribution is 0.332. The molecule has 1 aromatic heterocycles. The summed E-state index contributed by atoms with van der Waals surface area (Å²) < 4.78 is 2.56. The van der Waals surface area contributed by atoms with Gasteiger partial charge >= 0.3 is 0 Å². The maximum absolute atomic E-state index is 7.07. The fourth-order valence-corrected chi connectivity index (χ4v) is 16.2. The number of nitrogens with zero attached hydrogens (tertiary/aromatic N) is 3. The van der Waals surface area contributed by atoms with Crippen LogP contribution in [0.3, 0.4) is 0 Å². The molecule has 0 bridgehead atoms. The van der Waals surface area contributed by atoms with E-state index in [1.54, 1.807) is 0 Å². The minimum Gasteiger partial charge on any atom is -0.311 e. The van der Waals surface area contributed by atoms with Gasteiger partial charge in [-0.15, -0.1) is 27.7 Å². The zero-order valence-corrected chi connectivity index (χ0v) is 52.5. The Morgan fingerprint density at radius 3 is 1.55 bits per heavy atom. The van der Waals surface area contributed by atoms with E-state index >= 15 is 0 Å². The molecular formula is C76H69B6N3S. The zero-order chi connectivity index (χ0) is 60.3. The normalized spacial score (nSPS) is 16.7. The minimum atomic E-state index is -0.267. The molecule has 2 aliphatic carbocycles. The summed E-state index contributed by atoms with van der Waals surface area (Å²) >= 11 is 1.95. The van der Waals surface area contributed by atoms with E-state index in [4.69, 9.17) is 39.2 Å². The van der Waals surface area contributed by atoms with Crippen LogP contribution in [0.1, 0.15) is 130 Å². The van der Waals surface area contributed by atoms with Crippen LogP contribution in [0.15, 0.2) is 170 Å². The van der Waals surface area contributed by atoms with Crippen LogP contribution in [0.2, 0.25) is 0 Å². The summed E-state index contributed by atoms with van der Waals surface area (Å²) in [6.45, 7) is 26.2. The second-order valence-electron chi connectivity index (χ2n) is 28.5. The van der Waals surface area contributed by atoms with Crippen molar-refractivity contribution < 1.29 is 0 Å². The predicted octanol–water partition coefficient (Wildman–Crippen LogP) is 13.8. The van der Waals surface area contributed by atoms with Crippen molar-refractivity contribution in [2.24, 2.45) is 0 Å². The van der Waals surface area contributed by atoms with Gasteiger partial charge in [0.1, 0.15) is 39.2 Å². The van der Waals surface area contributed by atoms with E-state index in [2.05, 4.69) is 261 Å². The zero-order valence-electron chi connectivity index (χ0n) is 51.7. The number of fused-ring (bicyclic) bond motifs is 8. The summed E-state index contributed by atoms with van der Waals surface area (Å²) in [5.41, 5.74) is 23.9. The van der Waals surface area contributed by atoms with Crippen LogP contribution in [-0.2, 0) is 27.1 Å². The van der Waals surface area contributed by atoms with Crippen LogP contribution in [0.25, 0.3) is 32.3 Å². The van der Waals surface area contributed by atoms with Gasteiger partial charge in [-0.1, -0.05) is 178 Å². The van der Waals surface area contributed by atoms with Gasteiger partial charge in [-0.25, -0.2) is 0 Å². The Morgan fingerprint density at radius 2 is 0.965 bits per heavy atom. The number of anilines is 9. The van der Waals surface area contributed by atoms with Crippen molar-refractivity contribution in [3.8, 4) is 22.3 Å². The van der Waals surface area contributed by atoms with Gasteiger partial charge in [0.25, 0.3) is 6.71 Å². The van der Waals surface area contributed by atoms with Gasteiger partial charge in [-0.3, -0.25) is 0 Å². The van der Waals surface area contributed by atoms with Gasteiger partial charge in [-0.05, 0) is 187 Å². The van der Waals surface area contributed by atoms with Crippen LogP contribution in [0.5, 0.6) is 0 Å². The molecule has 10 heteroatoms. The highest BCUT2D eigenvalue weighted by molar-refractivity contribution is 7.33. The van der Waals surface area contributed by atoms with Crippen molar-refractivity contribution in [2.45, 2.75) is 129 Å². The molecule has 86 heavy (non-hydrogen) atoms. The van der Waals surface area contributed by atoms with Crippen LogP contribution >= 0.6 is 11.3 Å². The average molecular weight is 1120 g/mol. The molecule has 0 amide bonds. The summed E-state index contributed by atoms with van der Waals surface area (Å²) in [5, 5.41) is 1.27. The molecule has 10 radical (unpaired) electrons. The van der Waals surface area contributed by atoms with Crippen molar-refractivity contribution in [3.05, 3.63) is 198 Å². The maximum Gasteiger partial charge on any atom is 0.264 e. The lowest BCUT2D eigenvalue weighted by Crippen LogP contribution is -2.60. The third kappa shape index (κ3) is 8.79. The Balaban J connectivity index is 1.18. The molecule has 4 aliphatic rings. The minimum absolute atomic E-state index is 0.00204. The highest BCUT2D eigenvalue weighted by Gasteiger charge is 2.48. The molecule has 3 nitrogen and oxygen atoms in total. The molecule has 10 aromatic rings. The summed E-state index contributed by atoms with van der Waals surface area (Å²) in [5.74, 6) is 0. The topological polar surface area (TPSA) is 9.72 Å². The first-order chi connectivity index (χ1) is 40.8. The average Bonchev–Trinajstić information content (AvgIpc) is 1.34. The highest BCUT2D eigenvalue weighted by atomic mass is 32.1. The Kier molecular flexibility index (Phi) is 13.1. The fourth-order valence-electron chi connectivity index (χ4n) is 14.9. The number of hydrogen-bond acceptors (Lipinski definition) is 4. The standard InChI is InChI=1S/C76H69B6N3S/c1-72(2,3)46-28-32-58(51(38-46)44-21-15-12-16-22-44)85-59-31-27-45(63-64(77)66(79)68(81)67(80)65(63)78)37-57(59)82-69-60(40-50(41-61(69)85)83(47-23-17-13-18-24-47)48-25-19-14-20-26-48)84(49-29-30-53-54(39-49)74(6,7)34-33-73(53,4)5)70-52-42-55-56(43-62(52)86-71(70)82)76(10,11)36-35-75(55,8)9/h12-32,37-43H,33-36H2,1-11H3. The molecule has 412 valence electrons. The molecule has 2 aliphatic heterocycles. The Hall–Kier alpha value is -7.27. The van der Waals surface area contributed by atoms with E-state index < -0.39 is 0 Å². The van der Waals surface area contributed by atoms with Gasteiger partial charge in [0.05, 0.1) is 17.1 Å². The molecule has 0 spiro atoms. The van der Waals surface area contributed by atoms with Gasteiger partial charge in [0.15, 0.2) is 0 Å². The molecule has 0 fully saturated rings. The van der Waals surface area contributed by atoms with Crippen LogP contribution in [0.4, 0.5) is 51.2 Å². The van der Waals surface area contributed by atoms with Crippen molar-refractivity contribution in [1.82, 2.24) is 0 Å². The van der Waals surface area contributed by atoms with E-state index in [1.165, 1.54) is 53.8 Å². The van der Waals surface area contributed by atoms with Crippen LogP contribution < -0.4 is 57.7 Å². The van der Waals surface area contributed by atoms with Crippen molar-refractivity contribution in [2.75, 3.05) is 14.7 Å². The van der Waals surface area contributed by atoms with E-state index in [0.717, 1.165) is 93.3 Å². The number of hydrogen-bond donors (Lipinski definition) is 0. The molecule has 0 atom stereocenters. The van der Waals surface area contributed by atoms with Crippen molar-refractivity contribution >= 4 is 162 Å². The number of thiophene rings is 1. The molecule has 0 N–H and O–H groups in total. The van der Waals surface area contributed by atoms with Gasteiger partial charge < -0.3 is 14.7 Å². The Labute approximate surface area is 521 Å². The van der Waals surface area contributed by atoms with E-state index in [1.807, 2.05) is 11.3 Å². The lowest BCUT2D eigenvalue weighted by atomic mass is 9.36. The predicted molar refractivity (Wildman–Crippen MR) is 378 cm³/mol. The Morgan fingerprint density at radius 1 is 0.453 bits per heavy atom. The Bertz CT molecular complexity index is 4350. The second kappa shape index (κ2) is 19.9. The smallest absolute Gasteiger partial charge is 0.264 e. The molecule has 14 rings (SSSR count). The van der Waals surface area contributed by atoms with Gasteiger partial charge in [0.2, 0.25) is 0 Å². The molecular weight excluding hydrogens is 1050 g/mol. The third-order valence-corrected chi connectivity index (χ3v) is 21.4. The molecule has 9 aromatic carbocycles. The molecule has 0 saturated carbocycles. The highest BCUT2D eigenvalue weighted by Crippen LogP contribution is 2.56. The first-order valence-corrected chi connectivity index (χ1v) is 31.5. The van der Waals surface area contributed by atoms with E-state index in [-0.39, 0.29) is 50.2 Å². The number of para-hydroxylation sites is 2. The van der Waals surface area contributed by atoms with Crippen molar-refractivity contribution in [3.63, 3.8) is 0 Å². The second-order valence-corrected chi connectivity index (χ2v) is 29.6. The number of benzene rings is 9. The van der Waals surface area contributed by atoms with Crippen LogP contribution in [0, 0.1) is 0 Å². The first-order valence-electron chi connectivity index (χ1n) is 30.6. The first kappa shape index (κ1) is 56.5.